The van der Waals surface area contributed by atoms with E-state index in [1.165, 1.54) is 11.1 Å². The summed E-state index contributed by atoms with van der Waals surface area (Å²) in [7, 11) is 0. The zero-order valence-corrected chi connectivity index (χ0v) is 14.3. The fourth-order valence-electron chi connectivity index (χ4n) is 2.20. The molecule has 2 nitrogen and oxygen atoms in total. The highest BCUT2D eigenvalue weighted by Gasteiger charge is 2.13. The van der Waals surface area contributed by atoms with E-state index < -0.39 is 0 Å². The first kappa shape index (κ1) is 16.5. The normalized spacial score (nSPS) is 11.0. The van der Waals surface area contributed by atoms with E-state index in [1.807, 2.05) is 12.1 Å². The first-order valence-corrected chi connectivity index (χ1v) is 8.05. The monoisotopic (exact) mass is 312 g/mol. The van der Waals surface area contributed by atoms with Crippen LogP contribution in [0.15, 0.2) is 54.6 Å². The van der Waals surface area contributed by atoms with E-state index in [0.717, 1.165) is 18.7 Å². The van der Waals surface area contributed by atoms with Crippen molar-refractivity contribution in [3.05, 3.63) is 65.7 Å². The Morgan fingerprint density at radius 3 is 2.41 bits per heavy atom. The summed E-state index contributed by atoms with van der Waals surface area (Å²) in [5.41, 5.74) is 3.78. The highest BCUT2D eigenvalue weighted by molar-refractivity contribution is 7.80. The Hall–Kier alpha value is -1.87. The van der Waals surface area contributed by atoms with Crippen molar-refractivity contribution in [3.8, 4) is 0 Å². The molecule has 0 spiro atoms. The summed E-state index contributed by atoms with van der Waals surface area (Å²) < 4.78 is 0. The van der Waals surface area contributed by atoms with Crippen LogP contribution < -0.4 is 10.6 Å². The molecule has 2 N–H and O–H groups in total. The third kappa shape index (κ3) is 5.15. The molecule has 22 heavy (non-hydrogen) atoms. The van der Waals surface area contributed by atoms with Gasteiger partial charge in [0.2, 0.25) is 0 Å². The molecule has 0 aliphatic carbocycles. The summed E-state index contributed by atoms with van der Waals surface area (Å²) >= 11 is 5.37. The molecule has 0 heterocycles. The number of benzene rings is 2. The van der Waals surface area contributed by atoms with Crippen LogP contribution in [0, 0.1) is 0 Å². The van der Waals surface area contributed by atoms with E-state index in [0.29, 0.717) is 5.11 Å². The maximum absolute atomic E-state index is 5.37. The SMILES string of the molecule is CC(C)(C)c1cccc(NC(=S)NCCc2ccccc2)c1. The van der Waals surface area contributed by atoms with Gasteiger partial charge < -0.3 is 10.6 Å². The third-order valence-electron chi connectivity index (χ3n) is 3.53. The van der Waals surface area contributed by atoms with Crippen molar-refractivity contribution in [1.82, 2.24) is 5.32 Å². The van der Waals surface area contributed by atoms with Crippen LogP contribution in [0.25, 0.3) is 0 Å². The lowest BCUT2D eigenvalue weighted by Gasteiger charge is -2.20. The van der Waals surface area contributed by atoms with Gasteiger partial charge in [0, 0.05) is 12.2 Å². The molecule has 0 unspecified atom stereocenters. The summed E-state index contributed by atoms with van der Waals surface area (Å²) in [6.45, 7) is 7.46. The van der Waals surface area contributed by atoms with Crippen molar-refractivity contribution in [3.63, 3.8) is 0 Å². The Labute approximate surface area is 139 Å². The van der Waals surface area contributed by atoms with Gasteiger partial charge in [0.15, 0.2) is 5.11 Å². The van der Waals surface area contributed by atoms with Crippen molar-refractivity contribution in [2.75, 3.05) is 11.9 Å². The molecule has 0 aliphatic rings. The van der Waals surface area contributed by atoms with E-state index in [9.17, 15) is 0 Å². The number of hydrogen-bond acceptors (Lipinski definition) is 1. The second-order valence-electron chi connectivity index (χ2n) is 6.45. The average molecular weight is 312 g/mol. The lowest BCUT2D eigenvalue weighted by atomic mass is 9.87. The van der Waals surface area contributed by atoms with Crippen LogP contribution in [0.2, 0.25) is 0 Å². The fraction of sp³-hybridized carbons (Fsp3) is 0.316. The molecular weight excluding hydrogens is 288 g/mol. The first-order chi connectivity index (χ1) is 10.4. The minimum absolute atomic E-state index is 0.139. The van der Waals surface area contributed by atoms with Gasteiger partial charge in [0.1, 0.15) is 0 Å². The van der Waals surface area contributed by atoms with Crippen LogP contribution in [0.5, 0.6) is 0 Å². The zero-order valence-electron chi connectivity index (χ0n) is 13.5. The van der Waals surface area contributed by atoms with E-state index in [2.05, 4.69) is 73.9 Å². The van der Waals surface area contributed by atoms with E-state index in [-0.39, 0.29) is 5.41 Å². The maximum Gasteiger partial charge on any atom is 0.170 e. The minimum Gasteiger partial charge on any atom is -0.362 e. The number of thiocarbonyl (C=S) groups is 1. The third-order valence-corrected chi connectivity index (χ3v) is 3.77. The van der Waals surface area contributed by atoms with Gasteiger partial charge in [-0.15, -0.1) is 0 Å². The van der Waals surface area contributed by atoms with Crippen LogP contribution in [0.4, 0.5) is 5.69 Å². The topological polar surface area (TPSA) is 24.1 Å². The highest BCUT2D eigenvalue weighted by atomic mass is 32.1. The Balaban J connectivity index is 1.84. The van der Waals surface area contributed by atoms with Crippen molar-refractivity contribution >= 4 is 23.0 Å². The van der Waals surface area contributed by atoms with Crippen LogP contribution in [0.1, 0.15) is 31.9 Å². The van der Waals surface area contributed by atoms with Crippen LogP contribution in [-0.2, 0) is 11.8 Å². The van der Waals surface area contributed by atoms with Gasteiger partial charge in [-0.2, -0.15) is 0 Å². The van der Waals surface area contributed by atoms with Gasteiger partial charge in [-0.25, -0.2) is 0 Å². The predicted molar refractivity (Wildman–Crippen MR) is 99.5 cm³/mol. The summed E-state index contributed by atoms with van der Waals surface area (Å²) in [5, 5.41) is 7.19. The molecule has 0 aliphatic heterocycles. The standard InChI is InChI=1S/C19H24N2S/c1-19(2,3)16-10-7-11-17(14-16)21-18(22)20-13-12-15-8-5-4-6-9-15/h4-11,14H,12-13H2,1-3H3,(H2,20,21,22). The molecule has 0 aromatic heterocycles. The zero-order chi connectivity index (χ0) is 16.0. The Morgan fingerprint density at radius 1 is 1.00 bits per heavy atom. The van der Waals surface area contributed by atoms with Gasteiger partial charge in [0.25, 0.3) is 0 Å². The van der Waals surface area contributed by atoms with Gasteiger partial charge in [0.05, 0.1) is 0 Å². The van der Waals surface area contributed by atoms with Gasteiger partial charge in [-0.3, -0.25) is 0 Å². The Bertz CT molecular complexity index is 615. The smallest absolute Gasteiger partial charge is 0.170 e. The molecule has 2 rings (SSSR count). The number of hydrogen-bond donors (Lipinski definition) is 2. The first-order valence-electron chi connectivity index (χ1n) is 7.64. The molecular formula is C19H24N2S. The summed E-state index contributed by atoms with van der Waals surface area (Å²) in [5.74, 6) is 0. The van der Waals surface area contributed by atoms with Crippen LogP contribution in [-0.4, -0.2) is 11.7 Å². The molecule has 0 bridgehead atoms. The molecule has 2 aromatic carbocycles. The second kappa shape index (κ2) is 7.41. The van der Waals surface area contributed by atoms with Crippen molar-refractivity contribution in [2.24, 2.45) is 0 Å². The highest BCUT2D eigenvalue weighted by Crippen LogP contribution is 2.24. The fourth-order valence-corrected chi connectivity index (χ4v) is 2.42. The van der Waals surface area contributed by atoms with E-state index in [1.54, 1.807) is 0 Å². The lowest BCUT2D eigenvalue weighted by molar-refractivity contribution is 0.590. The van der Waals surface area contributed by atoms with Gasteiger partial charge in [-0.1, -0.05) is 63.2 Å². The molecule has 0 amide bonds. The maximum atomic E-state index is 5.37. The molecule has 0 radical (unpaired) electrons. The quantitative estimate of drug-likeness (QED) is 0.812. The van der Waals surface area contributed by atoms with Gasteiger partial charge in [-0.05, 0) is 47.3 Å². The summed E-state index contributed by atoms with van der Waals surface area (Å²) in [6, 6.07) is 18.8. The van der Waals surface area contributed by atoms with Crippen molar-refractivity contribution in [1.29, 1.82) is 0 Å². The van der Waals surface area contributed by atoms with Crippen molar-refractivity contribution < 1.29 is 0 Å². The minimum atomic E-state index is 0.139. The molecule has 0 fully saturated rings. The Kier molecular flexibility index (Phi) is 5.56. The van der Waals surface area contributed by atoms with Crippen LogP contribution in [0.3, 0.4) is 0 Å². The molecule has 116 valence electrons. The van der Waals surface area contributed by atoms with Crippen molar-refractivity contribution in [2.45, 2.75) is 32.6 Å². The predicted octanol–water partition coefficient (Wildman–Crippen LogP) is 4.51. The molecule has 0 saturated carbocycles. The average Bonchev–Trinajstić information content (AvgIpc) is 2.48. The number of anilines is 1. The van der Waals surface area contributed by atoms with Crippen LogP contribution >= 0.6 is 12.2 Å². The largest absolute Gasteiger partial charge is 0.362 e. The molecule has 0 atom stereocenters. The lowest BCUT2D eigenvalue weighted by Crippen LogP contribution is -2.30. The van der Waals surface area contributed by atoms with Gasteiger partial charge >= 0.3 is 0 Å². The number of nitrogens with one attached hydrogen (secondary N) is 2. The summed E-state index contributed by atoms with van der Waals surface area (Å²) in [6.07, 6.45) is 0.963. The molecule has 2 aromatic rings. The number of rotatable bonds is 4. The summed E-state index contributed by atoms with van der Waals surface area (Å²) in [4.78, 5) is 0. The van der Waals surface area contributed by atoms with E-state index >= 15 is 0 Å². The molecule has 3 heteroatoms. The van der Waals surface area contributed by atoms with E-state index in [4.69, 9.17) is 12.2 Å². The second-order valence-corrected chi connectivity index (χ2v) is 6.86. The molecule has 0 saturated heterocycles. The Morgan fingerprint density at radius 2 is 1.73 bits per heavy atom.